The number of fused-ring (bicyclic) bond motifs is 1. The minimum absolute atomic E-state index is 0.124. The Hall–Kier alpha value is -1.35. The van der Waals surface area contributed by atoms with Crippen LogP contribution < -0.4 is 0 Å². The predicted octanol–water partition coefficient (Wildman–Crippen LogP) is 2.17. The summed E-state index contributed by atoms with van der Waals surface area (Å²) in [5.41, 5.74) is 2.78. The first-order valence-corrected chi connectivity index (χ1v) is 6.07. The average molecular weight is 233 g/mol. The van der Waals surface area contributed by atoms with Crippen molar-refractivity contribution in [1.29, 1.82) is 0 Å². The van der Waals surface area contributed by atoms with Crippen LogP contribution in [0.2, 0.25) is 0 Å². The molecule has 0 N–H and O–H groups in total. The van der Waals surface area contributed by atoms with E-state index in [1.165, 1.54) is 18.2 Å². The molecule has 1 aromatic carbocycles. The molecule has 0 aromatic heterocycles. The number of hydrogen-bond donors (Lipinski definition) is 0. The van der Waals surface area contributed by atoms with E-state index in [9.17, 15) is 4.79 Å². The second-order valence-corrected chi connectivity index (χ2v) is 4.56. The van der Waals surface area contributed by atoms with Crippen molar-refractivity contribution < 1.29 is 9.53 Å². The summed E-state index contributed by atoms with van der Waals surface area (Å²) < 4.78 is 4.71. The van der Waals surface area contributed by atoms with E-state index in [4.69, 9.17) is 4.74 Å². The smallest absolute Gasteiger partial charge is 0.305 e. The van der Waals surface area contributed by atoms with Gasteiger partial charge in [0.05, 0.1) is 7.11 Å². The molecule has 3 heteroatoms. The van der Waals surface area contributed by atoms with Crippen molar-refractivity contribution in [3.05, 3.63) is 35.4 Å². The van der Waals surface area contributed by atoms with Crippen LogP contribution in [0.4, 0.5) is 0 Å². The fourth-order valence-electron chi connectivity index (χ4n) is 2.51. The highest BCUT2D eigenvalue weighted by Crippen LogP contribution is 2.31. The van der Waals surface area contributed by atoms with E-state index in [2.05, 4.69) is 36.2 Å². The molecule has 0 aliphatic carbocycles. The third-order valence-electron chi connectivity index (χ3n) is 3.53. The van der Waals surface area contributed by atoms with Gasteiger partial charge in [-0.3, -0.25) is 9.69 Å². The Morgan fingerprint density at radius 3 is 3.00 bits per heavy atom. The van der Waals surface area contributed by atoms with Gasteiger partial charge < -0.3 is 4.74 Å². The number of likely N-dealkylation sites (N-methyl/N-ethyl adjacent to an activating group) is 1. The minimum Gasteiger partial charge on any atom is -0.469 e. The maximum Gasteiger partial charge on any atom is 0.305 e. The zero-order valence-electron chi connectivity index (χ0n) is 10.5. The highest BCUT2D eigenvalue weighted by atomic mass is 16.5. The molecule has 3 nitrogen and oxygen atoms in total. The van der Waals surface area contributed by atoms with Gasteiger partial charge in [0.15, 0.2) is 0 Å². The third kappa shape index (κ3) is 2.67. The van der Waals surface area contributed by atoms with Gasteiger partial charge >= 0.3 is 5.97 Å². The Kier molecular flexibility index (Phi) is 3.79. The van der Waals surface area contributed by atoms with Gasteiger partial charge in [-0.25, -0.2) is 0 Å². The zero-order valence-corrected chi connectivity index (χ0v) is 10.5. The van der Waals surface area contributed by atoms with Crippen LogP contribution in [0.25, 0.3) is 0 Å². The summed E-state index contributed by atoms with van der Waals surface area (Å²) in [7, 11) is 3.57. The second kappa shape index (κ2) is 5.32. The third-order valence-corrected chi connectivity index (χ3v) is 3.53. The van der Waals surface area contributed by atoms with E-state index in [1.807, 2.05) is 0 Å². The first kappa shape index (κ1) is 12.1. The van der Waals surface area contributed by atoms with Crippen LogP contribution in [0, 0.1) is 0 Å². The van der Waals surface area contributed by atoms with E-state index in [-0.39, 0.29) is 5.97 Å². The molecule has 0 fully saturated rings. The number of hydrogen-bond acceptors (Lipinski definition) is 3. The van der Waals surface area contributed by atoms with Gasteiger partial charge in [0.2, 0.25) is 0 Å². The molecule has 17 heavy (non-hydrogen) atoms. The van der Waals surface area contributed by atoms with Crippen LogP contribution in [0.1, 0.15) is 30.0 Å². The van der Waals surface area contributed by atoms with Crippen LogP contribution in [-0.4, -0.2) is 31.6 Å². The van der Waals surface area contributed by atoms with Crippen molar-refractivity contribution >= 4 is 5.97 Å². The summed E-state index contributed by atoms with van der Waals surface area (Å²) in [5, 5.41) is 0. The Morgan fingerprint density at radius 2 is 2.24 bits per heavy atom. The van der Waals surface area contributed by atoms with Gasteiger partial charge in [-0.15, -0.1) is 0 Å². The van der Waals surface area contributed by atoms with Gasteiger partial charge in [0.25, 0.3) is 0 Å². The SMILES string of the molecule is COC(=O)CCC1c2ccccc2CCN1C. The number of carbonyl (C=O) groups excluding carboxylic acids is 1. The Bertz CT molecular complexity index is 403. The Morgan fingerprint density at radius 1 is 1.47 bits per heavy atom. The zero-order chi connectivity index (χ0) is 12.3. The summed E-state index contributed by atoms with van der Waals surface area (Å²) in [4.78, 5) is 13.6. The molecule has 0 radical (unpaired) electrons. The van der Waals surface area contributed by atoms with Crippen LogP contribution in [0.15, 0.2) is 24.3 Å². The van der Waals surface area contributed by atoms with Gasteiger partial charge in [0, 0.05) is 19.0 Å². The van der Waals surface area contributed by atoms with Crippen molar-refractivity contribution in [3.63, 3.8) is 0 Å². The number of esters is 1. The molecule has 0 bridgehead atoms. The lowest BCUT2D eigenvalue weighted by molar-refractivity contribution is -0.141. The molecule has 2 rings (SSSR count). The van der Waals surface area contributed by atoms with E-state index in [0.29, 0.717) is 12.5 Å². The normalized spacial score (nSPS) is 19.8. The van der Waals surface area contributed by atoms with E-state index in [0.717, 1.165) is 19.4 Å². The van der Waals surface area contributed by atoms with Gasteiger partial charge in [-0.05, 0) is 31.0 Å². The highest BCUT2D eigenvalue weighted by Gasteiger charge is 2.24. The molecule has 0 amide bonds. The van der Waals surface area contributed by atoms with Crippen molar-refractivity contribution in [2.24, 2.45) is 0 Å². The van der Waals surface area contributed by atoms with Crippen LogP contribution in [0.5, 0.6) is 0 Å². The number of carbonyl (C=O) groups is 1. The van der Waals surface area contributed by atoms with Gasteiger partial charge in [0.1, 0.15) is 0 Å². The summed E-state index contributed by atoms with van der Waals surface area (Å²) in [6.07, 6.45) is 2.42. The van der Waals surface area contributed by atoms with Crippen molar-refractivity contribution in [2.45, 2.75) is 25.3 Å². The number of benzene rings is 1. The van der Waals surface area contributed by atoms with Gasteiger partial charge in [-0.2, -0.15) is 0 Å². The minimum atomic E-state index is -0.124. The Balaban J connectivity index is 2.12. The van der Waals surface area contributed by atoms with Crippen LogP contribution in [-0.2, 0) is 16.0 Å². The first-order valence-electron chi connectivity index (χ1n) is 6.07. The van der Waals surface area contributed by atoms with Gasteiger partial charge in [-0.1, -0.05) is 24.3 Å². The lowest BCUT2D eigenvalue weighted by Gasteiger charge is -2.34. The van der Waals surface area contributed by atoms with Crippen LogP contribution in [0.3, 0.4) is 0 Å². The molecule has 1 unspecified atom stereocenters. The topological polar surface area (TPSA) is 29.5 Å². The van der Waals surface area contributed by atoms with Crippen molar-refractivity contribution in [1.82, 2.24) is 4.90 Å². The van der Waals surface area contributed by atoms with E-state index >= 15 is 0 Å². The van der Waals surface area contributed by atoms with E-state index < -0.39 is 0 Å². The molecule has 0 spiro atoms. The first-order chi connectivity index (χ1) is 8.22. The lowest BCUT2D eigenvalue weighted by Crippen LogP contribution is -2.32. The molecule has 1 heterocycles. The quantitative estimate of drug-likeness (QED) is 0.749. The Labute approximate surface area is 102 Å². The van der Waals surface area contributed by atoms with Crippen molar-refractivity contribution in [3.8, 4) is 0 Å². The monoisotopic (exact) mass is 233 g/mol. The van der Waals surface area contributed by atoms with Crippen LogP contribution >= 0.6 is 0 Å². The van der Waals surface area contributed by atoms with Crippen molar-refractivity contribution in [2.75, 3.05) is 20.7 Å². The molecule has 0 saturated carbocycles. The predicted molar refractivity (Wildman–Crippen MR) is 66.8 cm³/mol. The summed E-state index contributed by atoms with van der Waals surface area (Å²) >= 11 is 0. The number of methoxy groups -OCH3 is 1. The molecular formula is C14H19NO2. The number of nitrogens with zero attached hydrogens (tertiary/aromatic N) is 1. The highest BCUT2D eigenvalue weighted by molar-refractivity contribution is 5.69. The molecule has 1 aliphatic rings. The molecular weight excluding hydrogens is 214 g/mol. The molecule has 1 atom stereocenters. The maximum atomic E-state index is 11.2. The molecule has 92 valence electrons. The fourth-order valence-corrected chi connectivity index (χ4v) is 2.51. The number of ether oxygens (including phenoxy) is 1. The number of rotatable bonds is 3. The lowest BCUT2D eigenvalue weighted by atomic mass is 9.90. The fraction of sp³-hybridized carbons (Fsp3) is 0.500. The molecule has 1 aliphatic heterocycles. The summed E-state index contributed by atoms with van der Waals surface area (Å²) in [5.74, 6) is -0.124. The molecule has 1 aromatic rings. The maximum absolute atomic E-state index is 11.2. The molecule has 0 saturated heterocycles. The standard InChI is InChI=1S/C14H19NO2/c1-15-10-9-11-5-3-4-6-12(11)13(15)7-8-14(16)17-2/h3-6,13H,7-10H2,1-2H3. The van der Waals surface area contributed by atoms with E-state index in [1.54, 1.807) is 0 Å². The largest absolute Gasteiger partial charge is 0.469 e. The summed E-state index contributed by atoms with van der Waals surface area (Å²) in [6, 6.07) is 8.87. The summed E-state index contributed by atoms with van der Waals surface area (Å²) in [6.45, 7) is 1.06. The second-order valence-electron chi connectivity index (χ2n) is 4.56. The average Bonchev–Trinajstić information content (AvgIpc) is 2.37.